The number of allylic oxidation sites excluding steroid dienone is 4. The van der Waals surface area contributed by atoms with Crippen molar-refractivity contribution in [2.75, 3.05) is 0 Å². The Morgan fingerprint density at radius 3 is 2.80 bits per heavy atom. The Kier molecular flexibility index (Phi) is 2.88. The van der Waals surface area contributed by atoms with Crippen molar-refractivity contribution in [2.45, 2.75) is 6.42 Å². The third kappa shape index (κ3) is 1.95. The van der Waals surface area contributed by atoms with Crippen molar-refractivity contribution < 1.29 is 4.79 Å². The van der Waals surface area contributed by atoms with Crippen LogP contribution in [0.4, 0.5) is 0 Å². The molecule has 74 valence electrons. The summed E-state index contributed by atoms with van der Waals surface area (Å²) in [4.78, 5) is 11.8. The van der Waals surface area contributed by atoms with Gasteiger partial charge in [0.15, 0.2) is 6.29 Å². The van der Waals surface area contributed by atoms with E-state index in [1.165, 1.54) is 0 Å². The molecule has 1 aromatic carbocycles. The molecule has 0 unspecified atom stereocenters. The Hall–Kier alpha value is -1.54. The maximum Gasteiger partial charge on any atom is 0.150 e. The van der Waals surface area contributed by atoms with Crippen molar-refractivity contribution in [3.05, 3.63) is 53.6 Å². The van der Waals surface area contributed by atoms with Crippen molar-refractivity contribution in [3.63, 3.8) is 0 Å². The van der Waals surface area contributed by atoms with Gasteiger partial charge in [-0.1, -0.05) is 54.7 Å². The predicted octanol–water partition coefficient (Wildman–Crippen LogP) is 3.21. The Morgan fingerprint density at radius 1 is 1.27 bits per heavy atom. The van der Waals surface area contributed by atoms with Crippen LogP contribution in [0.2, 0.25) is 0 Å². The molecule has 0 aliphatic heterocycles. The van der Waals surface area contributed by atoms with Crippen molar-refractivity contribution in [2.24, 2.45) is 0 Å². The maximum atomic E-state index is 10.9. The smallest absolute Gasteiger partial charge is 0.150 e. The Bertz CT molecular complexity index is 469. The molecule has 0 saturated carbocycles. The predicted molar refractivity (Wildman–Crippen MR) is 66.2 cm³/mol. The summed E-state index contributed by atoms with van der Waals surface area (Å²) in [7, 11) is 0. The second-order valence-electron chi connectivity index (χ2n) is 3.34. The molecule has 1 nitrogen and oxygen atoms in total. The van der Waals surface area contributed by atoms with E-state index in [4.69, 9.17) is 12.2 Å². The molecule has 1 aromatic rings. The molecule has 2 heteroatoms. The molecule has 15 heavy (non-hydrogen) atoms. The number of aldehydes is 1. The van der Waals surface area contributed by atoms with Crippen LogP contribution >= 0.6 is 12.2 Å². The van der Waals surface area contributed by atoms with E-state index in [2.05, 4.69) is 0 Å². The number of thiocarbonyl (C=S) groups is 1. The van der Waals surface area contributed by atoms with Gasteiger partial charge in [0.05, 0.1) is 0 Å². The minimum absolute atomic E-state index is 0.696. The standard InChI is InChI=1S/C13H10OS/c14-9-10-5-1-2-6-11(10)12-7-3-4-8-13(12)15/h1-7,9H,8H2. The van der Waals surface area contributed by atoms with E-state index in [0.29, 0.717) is 5.56 Å². The van der Waals surface area contributed by atoms with E-state index in [0.717, 1.165) is 28.7 Å². The first-order valence-corrected chi connectivity index (χ1v) is 5.18. The van der Waals surface area contributed by atoms with Crippen LogP contribution < -0.4 is 0 Å². The monoisotopic (exact) mass is 214 g/mol. The zero-order valence-corrected chi connectivity index (χ0v) is 8.96. The fourth-order valence-corrected chi connectivity index (χ4v) is 1.90. The van der Waals surface area contributed by atoms with Gasteiger partial charge in [0.25, 0.3) is 0 Å². The summed E-state index contributed by atoms with van der Waals surface area (Å²) in [5.74, 6) is 0. The van der Waals surface area contributed by atoms with Crippen molar-refractivity contribution >= 4 is 28.9 Å². The number of rotatable bonds is 2. The number of hydrogen-bond acceptors (Lipinski definition) is 2. The van der Waals surface area contributed by atoms with E-state index in [1.807, 2.05) is 42.5 Å². The van der Waals surface area contributed by atoms with Gasteiger partial charge < -0.3 is 0 Å². The normalized spacial score (nSPS) is 14.9. The van der Waals surface area contributed by atoms with E-state index in [9.17, 15) is 4.79 Å². The largest absolute Gasteiger partial charge is 0.298 e. The molecule has 0 N–H and O–H groups in total. The molecule has 1 aliphatic rings. The lowest BCUT2D eigenvalue weighted by molar-refractivity contribution is 0.112. The third-order valence-corrected chi connectivity index (χ3v) is 2.77. The lowest BCUT2D eigenvalue weighted by Gasteiger charge is -2.12. The molecule has 0 aromatic heterocycles. The van der Waals surface area contributed by atoms with Gasteiger partial charge in [-0.25, -0.2) is 0 Å². The van der Waals surface area contributed by atoms with Crippen LogP contribution in [0.1, 0.15) is 22.3 Å². The molecule has 1 aliphatic carbocycles. The highest BCUT2D eigenvalue weighted by Gasteiger charge is 2.11. The molecule has 0 atom stereocenters. The van der Waals surface area contributed by atoms with Crippen LogP contribution in [0.3, 0.4) is 0 Å². The third-order valence-electron chi connectivity index (χ3n) is 2.38. The minimum atomic E-state index is 0.696. The average Bonchev–Trinajstić information content (AvgIpc) is 2.30. The highest BCUT2D eigenvalue weighted by molar-refractivity contribution is 7.81. The average molecular weight is 214 g/mol. The van der Waals surface area contributed by atoms with Crippen LogP contribution in [0, 0.1) is 0 Å². The molecular formula is C13H10OS. The molecule has 0 heterocycles. The van der Waals surface area contributed by atoms with Crippen LogP contribution in [0.25, 0.3) is 5.57 Å². The van der Waals surface area contributed by atoms with E-state index in [1.54, 1.807) is 0 Å². The molecule has 0 spiro atoms. The molecule has 2 rings (SSSR count). The van der Waals surface area contributed by atoms with Gasteiger partial charge >= 0.3 is 0 Å². The first-order chi connectivity index (χ1) is 7.33. The topological polar surface area (TPSA) is 17.1 Å². The van der Waals surface area contributed by atoms with Crippen molar-refractivity contribution in [3.8, 4) is 0 Å². The molecule has 0 bridgehead atoms. The van der Waals surface area contributed by atoms with Crippen LogP contribution in [0.15, 0.2) is 42.5 Å². The van der Waals surface area contributed by atoms with Gasteiger partial charge in [-0.05, 0) is 11.1 Å². The number of hydrogen-bond donors (Lipinski definition) is 0. The highest BCUT2D eigenvalue weighted by Crippen LogP contribution is 2.24. The summed E-state index contributed by atoms with van der Waals surface area (Å²) in [6.07, 6.45) is 7.63. The molecule has 0 fully saturated rings. The summed E-state index contributed by atoms with van der Waals surface area (Å²) in [6.45, 7) is 0. The van der Waals surface area contributed by atoms with Crippen LogP contribution in [-0.4, -0.2) is 11.2 Å². The summed E-state index contributed by atoms with van der Waals surface area (Å²) in [5, 5.41) is 0. The summed E-state index contributed by atoms with van der Waals surface area (Å²) >= 11 is 5.28. The van der Waals surface area contributed by atoms with E-state index >= 15 is 0 Å². The van der Waals surface area contributed by atoms with E-state index < -0.39 is 0 Å². The Balaban J connectivity index is 2.53. The summed E-state index contributed by atoms with van der Waals surface area (Å²) in [6, 6.07) is 7.52. The number of benzene rings is 1. The first kappa shape index (κ1) is 9.99. The lowest BCUT2D eigenvalue weighted by atomic mass is 9.94. The van der Waals surface area contributed by atoms with Crippen LogP contribution in [-0.2, 0) is 0 Å². The first-order valence-electron chi connectivity index (χ1n) is 4.77. The Labute approximate surface area is 94.1 Å². The molecule has 0 amide bonds. The lowest BCUT2D eigenvalue weighted by Crippen LogP contribution is -2.03. The fraction of sp³-hybridized carbons (Fsp3) is 0.0769. The zero-order valence-electron chi connectivity index (χ0n) is 8.14. The van der Waals surface area contributed by atoms with E-state index in [-0.39, 0.29) is 0 Å². The zero-order chi connectivity index (χ0) is 10.7. The maximum absolute atomic E-state index is 10.9. The number of carbonyl (C=O) groups is 1. The minimum Gasteiger partial charge on any atom is -0.298 e. The van der Waals surface area contributed by atoms with Gasteiger partial charge in [0.1, 0.15) is 0 Å². The fourth-order valence-electron chi connectivity index (χ4n) is 1.63. The van der Waals surface area contributed by atoms with Gasteiger partial charge in [0.2, 0.25) is 0 Å². The second kappa shape index (κ2) is 4.32. The van der Waals surface area contributed by atoms with Crippen LogP contribution in [0.5, 0.6) is 0 Å². The number of carbonyl (C=O) groups excluding carboxylic acids is 1. The molecular weight excluding hydrogens is 204 g/mol. The second-order valence-corrected chi connectivity index (χ2v) is 3.83. The van der Waals surface area contributed by atoms with Gasteiger partial charge in [-0.3, -0.25) is 4.79 Å². The molecule has 0 radical (unpaired) electrons. The summed E-state index contributed by atoms with van der Waals surface area (Å²) < 4.78 is 0. The van der Waals surface area contributed by atoms with Gasteiger partial charge in [-0.15, -0.1) is 0 Å². The molecule has 0 saturated heterocycles. The van der Waals surface area contributed by atoms with Crippen molar-refractivity contribution in [1.82, 2.24) is 0 Å². The SMILES string of the molecule is O=Cc1ccccc1C1=CC=CCC1=S. The summed E-state index contributed by atoms with van der Waals surface area (Å²) in [5.41, 5.74) is 2.62. The highest BCUT2D eigenvalue weighted by atomic mass is 32.1. The van der Waals surface area contributed by atoms with Gasteiger partial charge in [-0.2, -0.15) is 0 Å². The van der Waals surface area contributed by atoms with Crippen molar-refractivity contribution in [1.29, 1.82) is 0 Å². The van der Waals surface area contributed by atoms with Gasteiger partial charge in [0, 0.05) is 16.8 Å². The Morgan fingerprint density at radius 2 is 2.07 bits per heavy atom. The quantitative estimate of drug-likeness (QED) is 0.555.